The maximum Gasteiger partial charge on any atom is 0.306 e. The first-order valence-corrected chi connectivity index (χ1v) is 29.1. The molecule has 8 atom stereocenters. The van der Waals surface area contributed by atoms with Gasteiger partial charge in [-0.1, -0.05) is 224 Å². The SMILES string of the molecule is CC/C=C\C/C=C\C/C=C\C/C=C\C/C=C\C/C=C\CCC(=O)OC1C(OCC(NC(=O)C(O)CC/C=C\C/C=C\C/C=C\C/C=C\C/C=C\CC)C(O)/C=C/CCCCCCCCCCCC)OC(CO)C(O)C1O. The first-order valence-electron chi connectivity index (χ1n) is 29.1. The molecule has 0 aliphatic carbocycles. The van der Waals surface area contributed by atoms with Crippen LogP contribution in [0, 0.1) is 0 Å². The van der Waals surface area contributed by atoms with E-state index in [1.54, 1.807) is 6.08 Å². The normalized spacial score (nSPS) is 20.2. The van der Waals surface area contributed by atoms with Gasteiger partial charge in [0, 0.05) is 6.42 Å². The Hall–Kier alpha value is -4.46. The van der Waals surface area contributed by atoms with E-state index < -0.39 is 67.4 Å². The zero-order valence-corrected chi connectivity index (χ0v) is 47.1. The van der Waals surface area contributed by atoms with Crippen molar-refractivity contribution in [1.29, 1.82) is 0 Å². The van der Waals surface area contributed by atoms with Crippen LogP contribution in [0.5, 0.6) is 0 Å². The molecule has 428 valence electrons. The molecule has 1 rings (SSSR count). The first kappa shape index (κ1) is 69.6. The summed E-state index contributed by atoms with van der Waals surface area (Å²) in [5, 5.41) is 56.7. The van der Waals surface area contributed by atoms with Crippen molar-refractivity contribution in [3.8, 4) is 0 Å². The number of aliphatic hydroxyl groups is 5. The molecule has 0 aromatic rings. The van der Waals surface area contributed by atoms with E-state index in [1.165, 1.54) is 44.9 Å². The van der Waals surface area contributed by atoms with E-state index in [1.807, 2.05) is 30.4 Å². The molecule has 0 saturated carbocycles. The fourth-order valence-electron chi connectivity index (χ4n) is 7.94. The molecule has 1 heterocycles. The first-order chi connectivity index (χ1) is 37.2. The standard InChI is InChI=1S/C65H103NO10/c1-4-7-10-13-16-19-22-25-27-29-30-31-33-35-38-41-44-47-50-53-60(70)76-63-62(72)61(71)59(54-67)75-65(63)74-55-56(57(68)51-48-45-42-39-36-24-21-18-15-12-9-6-3)66-64(73)58(69)52-49-46-43-40-37-34-32-28-26-23-20-17-14-11-8-5-2/h7-8,10-11,16-17,19-20,25-28,30-31,34-35,37-38,43-44,46-48,51,56-59,61-63,65,67-69,71-72H,4-6,9,12-15,18,21-24,29,32-33,36,39-42,45,49-50,52-55H2,1-3H3,(H,66,73)/b10-7-,11-8-,19-16-,20-17-,27-25-,28-26-,31-30-,37-34-,38-35-,46-43-,47-44-,51-48+. The highest BCUT2D eigenvalue weighted by atomic mass is 16.7. The summed E-state index contributed by atoms with van der Waals surface area (Å²) >= 11 is 0. The van der Waals surface area contributed by atoms with Gasteiger partial charge in [0.2, 0.25) is 5.91 Å². The molecular weight excluding hydrogens is 955 g/mol. The number of nitrogens with one attached hydrogen (secondary N) is 1. The number of rotatable bonds is 46. The van der Waals surface area contributed by atoms with Crippen LogP contribution in [-0.4, -0.2) is 99.6 Å². The molecular formula is C65H103NO10. The van der Waals surface area contributed by atoms with Gasteiger partial charge >= 0.3 is 5.97 Å². The molecule has 1 fully saturated rings. The summed E-state index contributed by atoms with van der Waals surface area (Å²) in [6.45, 7) is 5.45. The minimum absolute atomic E-state index is 0.0175. The van der Waals surface area contributed by atoms with E-state index in [4.69, 9.17) is 14.2 Å². The quantitative estimate of drug-likeness (QED) is 0.0196. The topological polar surface area (TPSA) is 175 Å². The number of allylic oxidation sites excluding steroid dienone is 23. The molecule has 0 aromatic carbocycles. The van der Waals surface area contributed by atoms with E-state index in [0.29, 0.717) is 19.3 Å². The number of carbonyl (C=O) groups is 2. The summed E-state index contributed by atoms with van der Waals surface area (Å²) < 4.78 is 17.5. The molecule has 76 heavy (non-hydrogen) atoms. The molecule has 1 aliphatic rings. The second-order valence-corrected chi connectivity index (χ2v) is 19.3. The number of unbranched alkanes of at least 4 members (excludes halogenated alkanes) is 10. The number of hydrogen-bond donors (Lipinski definition) is 6. The van der Waals surface area contributed by atoms with Gasteiger partial charge in [0.1, 0.15) is 24.4 Å². The minimum Gasteiger partial charge on any atom is -0.454 e. The molecule has 8 unspecified atom stereocenters. The Bertz CT molecular complexity index is 1790. The predicted octanol–water partition coefficient (Wildman–Crippen LogP) is 13.4. The van der Waals surface area contributed by atoms with Crippen molar-refractivity contribution in [3.05, 3.63) is 146 Å². The van der Waals surface area contributed by atoms with E-state index in [9.17, 15) is 35.1 Å². The highest BCUT2D eigenvalue weighted by Gasteiger charge is 2.47. The lowest BCUT2D eigenvalue weighted by Crippen LogP contribution is -2.61. The van der Waals surface area contributed by atoms with Gasteiger partial charge in [-0.3, -0.25) is 9.59 Å². The van der Waals surface area contributed by atoms with Gasteiger partial charge in [-0.2, -0.15) is 0 Å². The fraction of sp³-hybridized carbons (Fsp3) is 0.600. The zero-order valence-electron chi connectivity index (χ0n) is 47.1. The maximum atomic E-state index is 13.4. The van der Waals surface area contributed by atoms with Crippen LogP contribution in [0.2, 0.25) is 0 Å². The van der Waals surface area contributed by atoms with Crippen LogP contribution >= 0.6 is 0 Å². The van der Waals surface area contributed by atoms with Gasteiger partial charge in [-0.25, -0.2) is 0 Å². The van der Waals surface area contributed by atoms with Gasteiger partial charge in [0.05, 0.1) is 25.4 Å². The summed E-state index contributed by atoms with van der Waals surface area (Å²) in [4.78, 5) is 26.4. The number of amides is 1. The Kier molecular flexibility index (Phi) is 47.0. The third-order valence-electron chi connectivity index (χ3n) is 12.5. The van der Waals surface area contributed by atoms with Crippen LogP contribution in [0.25, 0.3) is 0 Å². The smallest absolute Gasteiger partial charge is 0.306 e. The second kappa shape index (κ2) is 51.3. The van der Waals surface area contributed by atoms with Gasteiger partial charge < -0.3 is 45.1 Å². The van der Waals surface area contributed by atoms with Crippen molar-refractivity contribution in [2.75, 3.05) is 13.2 Å². The fourth-order valence-corrected chi connectivity index (χ4v) is 7.94. The second-order valence-electron chi connectivity index (χ2n) is 19.3. The van der Waals surface area contributed by atoms with Crippen LogP contribution in [0.1, 0.15) is 188 Å². The molecule has 1 amide bonds. The van der Waals surface area contributed by atoms with Crippen molar-refractivity contribution in [3.63, 3.8) is 0 Å². The molecule has 1 aliphatic heterocycles. The Balaban J connectivity index is 2.82. The van der Waals surface area contributed by atoms with Gasteiger partial charge in [0.15, 0.2) is 12.4 Å². The van der Waals surface area contributed by atoms with Crippen molar-refractivity contribution >= 4 is 11.9 Å². The summed E-state index contributed by atoms with van der Waals surface area (Å²) in [5.74, 6) is -1.36. The Labute approximate surface area is 460 Å². The lowest BCUT2D eigenvalue weighted by molar-refractivity contribution is -0.305. The van der Waals surface area contributed by atoms with Crippen LogP contribution < -0.4 is 5.32 Å². The van der Waals surface area contributed by atoms with E-state index in [2.05, 4.69) is 135 Å². The van der Waals surface area contributed by atoms with Gasteiger partial charge in [0.25, 0.3) is 0 Å². The largest absolute Gasteiger partial charge is 0.454 e. The van der Waals surface area contributed by atoms with Crippen LogP contribution in [0.4, 0.5) is 0 Å². The number of aliphatic hydroxyl groups excluding tert-OH is 5. The molecule has 0 radical (unpaired) electrons. The third-order valence-corrected chi connectivity index (χ3v) is 12.5. The van der Waals surface area contributed by atoms with E-state index in [0.717, 1.165) is 89.9 Å². The maximum absolute atomic E-state index is 13.4. The Morgan fingerprint density at radius 2 is 0.947 bits per heavy atom. The number of hydrogen-bond acceptors (Lipinski definition) is 10. The molecule has 11 heteroatoms. The van der Waals surface area contributed by atoms with E-state index >= 15 is 0 Å². The van der Waals surface area contributed by atoms with Gasteiger partial charge in [-0.05, 0) is 103 Å². The number of carbonyl (C=O) groups excluding carboxylic acids is 2. The zero-order chi connectivity index (χ0) is 55.4. The monoisotopic (exact) mass is 1060 g/mol. The average molecular weight is 1060 g/mol. The summed E-state index contributed by atoms with van der Waals surface area (Å²) in [6.07, 6.45) is 63.4. The third kappa shape index (κ3) is 39.0. The lowest BCUT2D eigenvalue weighted by Gasteiger charge is -2.41. The van der Waals surface area contributed by atoms with Crippen LogP contribution in [-0.2, 0) is 23.8 Å². The van der Waals surface area contributed by atoms with Crippen molar-refractivity contribution in [2.24, 2.45) is 0 Å². The average Bonchev–Trinajstić information content (AvgIpc) is 3.42. The number of esters is 1. The van der Waals surface area contributed by atoms with Crippen LogP contribution in [0.15, 0.2) is 146 Å². The van der Waals surface area contributed by atoms with Crippen LogP contribution in [0.3, 0.4) is 0 Å². The Morgan fingerprint density at radius 1 is 0.526 bits per heavy atom. The van der Waals surface area contributed by atoms with Gasteiger partial charge in [-0.15, -0.1) is 0 Å². The molecule has 0 spiro atoms. The predicted molar refractivity (Wildman–Crippen MR) is 314 cm³/mol. The van der Waals surface area contributed by atoms with E-state index in [-0.39, 0.29) is 19.4 Å². The lowest BCUT2D eigenvalue weighted by atomic mass is 9.99. The summed E-state index contributed by atoms with van der Waals surface area (Å²) in [6, 6.07) is -1.08. The molecule has 11 nitrogen and oxygen atoms in total. The van der Waals surface area contributed by atoms with Crippen molar-refractivity contribution in [1.82, 2.24) is 5.32 Å². The summed E-state index contributed by atoms with van der Waals surface area (Å²) in [7, 11) is 0. The number of ether oxygens (including phenoxy) is 3. The van der Waals surface area contributed by atoms with Crippen molar-refractivity contribution < 1.29 is 49.3 Å². The molecule has 0 aromatic heterocycles. The highest BCUT2D eigenvalue weighted by Crippen LogP contribution is 2.26. The highest BCUT2D eigenvalue weighted by molar-refractivity contribution is 5.80. The van der Waals surface area contributed by atoms with Crippen molar-refractivity contribution in [2.45, 2.75) is 237 Å². The molecule has 6 N–H and O–H groups in total. The molecule has 1 saturated heterocycles. The minimum atomic E-state index is -1.66. The Morgan fingerprint density at radius 3 is 1.39 bits per heavy atom. The molecule has 0 bridgehead atoms. The summed E-state index contributed by atoms with van der Waals surface area (Å²) in [5.41, 5.74) is 0.